The highest BCUT2D eigenvalue weighted by Crippen LogP contribution is 2.43. The first-order valence-corrected chi connectivity index (χ1v) is 13.0. The first-order valence-electron chi connectivity index (χ1n) is 13.0. The maximum atomic E-state index is 14.8. The van der Waals surface area contributed by atoms with E-state index in [-0.39, 0.29) is 29.9 Å². The van der Waals surface area contributed by atoms with Gasteiger partial charge in [-0.15, -0.1) is 0 Å². The number of carbonyl (C=O) groups is 1. The molecule has 2 aromatic carbocycles. The molecule has 0 amide bonds. The highest BCUT2D eigenvalue weighted by atomic mass is 19.1. The Labute approximate surface area is 219 Å². The maximum Gasteiger partial charge on any atom is 0.308 e. The average Bonchev–Trinajstić information content (AvgIpc) is 2.88. The fraction of sp³-hybridized carbons (Fsp3) is 0.448. The minimum atomic E-state index is -1.12. The third kappa shape index (κ3) is 5.22. The highest BCUT2D eigenvalue weighted by Gasteiger charge is 2.42. The summed E-state index contributed by atoms with van der Waals surface area (Å²) in [6.07, 6.45) is 2.57. The van der Waals surface area contributed by atoms with Crippen molar-refractivity contribution in [2.45, 2.75) is 50.2 Å². The van der Waals surface area contributed by atoms with Crippen LogP contribution < -0.4 is 4.74 Å². The first-order chi connectivity index (χ1) is 18.2. The molecular formula is C29H31F3N2O4. The van der Waals surface area contributed by atoms with Crippen LogP contribution in [0.15, 0.2) is 42.6 Å². The Kier molecular flexibility index (Phi) is 7.59. The first kappa shape index (κ1) is 26.4. The van der Waals surface area contributed by atoms with Gasteiger partial charge in [0.2, 0.25) is 0 Å². The van der Waals surface area contributed by atoms with E-state index in [2.05, 4.69) is 9.88 Å². The molecule has 1 aliphatic heterocycles. The summed E-state index contributed by atoms with van der Waals surface area (Å²) in [5.41, 5.74) is 1.06. The number of benzene rings is 2. The van der Waals surface area contributed by atoms with E-state index in [4.69, 9.17) is 4.74 Å². The number of pyridine rings is 1. The smallest absolute Gasteiger partial charge is 0.308 e. The van der Waals surface area contributed by atoms with E-state index in [9.17, 15) is 28.2 Å². The number of hydrogen-bond acceptors (Lipinski definition) is 5. The van der Waals surface area contributed by atoms with Crippen LogP contribution in [0.25, 0.3) is 10.9 Å². The number of fused-ring (bicyclic) bond motifs is 1. The Morgan fingerprint density at radius 2 is 1.95 bits per heavy atom. The van der Waals surface area contributed by atoms with Gasteiger partial charge in [0, 0.05) is 23.5 Å². The number of piperidine rings is 1. The lowest BCUT2D eigenvalue weighted by molar-refractivity contribution is -0.147. The van der Waals surface area contributed by atoms with Crippen molar-refractivity contribution in [3.05, 3.63) is 71.2 Å². The van der Waals surface area contributed by atoms with Gasteiger partial charge in [-0.25, -0.2) is 13.2 Å². The quantitative estimate of drug-likeness (QED) is 0.405. The molecule has 0 spiro atoms. The van der Waals surface area contributed by atoms with E-state index < -0.39 is 35.4 Å². The van der Waals surface area contributed by atoms with Crippen LogP contribution in [0.3, 0.4) is 0 Å². The number of nitrogens with zero attached hydrogens (tertiary/aromatic N) is 2. The molecule has 0 radical (unpaired) electrons. The van der Waals surface area contributed by atoms with Gasteiger partial charge in [-0.3, -0.25) is 14.7 Å². The number of carboxylic acid groups (broad SMARTS) is 1. The van der Waals surface area contributed by atoms with Crippen molar-refractivity contribution in [1.82, 2.24) is 9.88 Å². The second-order valence-corrected chi connectivity index (χ2v) is 10.5. The summed E-state index contributed by atoms with van der Waals surface area (Å²) in [6.45, 7) is 1.06. The molecule has 1 aromatic heterocycles. The van der Waals surface area contributed by atoms with Gasteiger partial charge < -0.3 is 14.9 Å². The van der Waals surface area contributed by atoms with Crippen LogP contribution in [-0.2, 0) is 4.79 Å². The van der Waals surface area contributed by atoms with E-state index >= 15 is 0 Å². The number of methoxy groups -OCH3 is 1. The van der Waals surface area contributed by atoms with Crippen molar-refractivity contribution in [3.8, 4) is 5.75 Å². The van der Waals surface area contributed by atoms with Gasteiger partial charge in [0.25, 0.3) is 0 Å². The average molecular weight is 529 g/mol. The monoisotopic (exact) mass is 528 g/mol. The van der Waals surface area contributed by atoms with Gasteiger partial charge in [-0.1, -0.05) is 0 Å². The van der Waals surface area contributed by atoms with Crippen LogP contribution in [0.4, 0.5) is 13.2 Å². The number of likely N-dealkylation sites (tertiary alicyclic amines) is 1. The fourth-order valence-corrected chi connectivity index (χ4v) is 6.10. The molecule has 3 atom stereocenters. The van der Waals surface area contributed by atoms with Crippen molar-refractivity contribution in [2.75, 3.05) is 20.2 Å². The zero-order chi connectivity index (χ0) is 27.0. The molecule has 3 aromatic rings. The predicted octanol–water partition coefficient (Wildman–Crippen LogP) is 5.44. The molecule has 6 nitrogen and oxygen atoms in total. The molecule has 202 valence electrons. The molecule has 2 aliphatic rings. The number of hydrogen-bond donors (Lipinski definition) is 2. The Morgan fingerprint density at radius 3 is 2.68 bits per heavy atom. The molecule has 1 saturated heterocycles. The number of carboxylic acids is 1. The van der Waals surface area contributed by atoms with Gasteiger partial charge in [0.15, 0.2) is 0 Å². The molecule has 9 heteroatoms. The van der Waals surface area contributed by atoms with Crippen LogP contribution in [-0.4, -0.2) is 52.3 Å². The lowest BCUT2D eigenvalue weighted by Crippen LogP contribution is -2.52. The summed E-state index contributed by atoms with van der Waals surface area (Å²) >= 11 is 0. The summed E-state index contributed by atoms with van der Waals surface area (Å²) < 4.78 is 47.7. The van der Waals surface area contributed by atoms with Gasteiger partial charge in [-0.2, -0.15) is 0 Å². The van der Waals surface area contributed by atoms with Crippen molar-refractivity contribution >= 4 is 16.9 Å². The van der Waals surface area contributed by atoms with E-state index in [1.165, 1.54) is 13.2 Å². The third-order valence-electron chi connectivity index (χ3n) is 8.34. The summed E-state index contributed by atoms with van der Waals surface area (Å²) in [6, 6.07) is 8.69. The Bertz CT molecular complexity index is 1330. The maximum absolute atomic E-state index is 14.8. The predicted molar refractivity (Wildman–Crippen MR) is 135 cm³/mol. The molecule has 2 fully saturated rings. The zero-order valence-corrected chi connectivity index (χ0v) is 21.1. The third-order valence-corrected chi connectivity index (χ3v) is 8.34. The number of halogens is 3. The zero-order valence-electron chi connectivity index (χ0n) is 21.1. The summed E-state index contributed by atoms with van der Waals surface area (Å²) in [5, 5.41) is 21.4. The number of aliphatic hydroxyl groups excluding tert-OH is 1. The van der Waals surface area contributed by atoms with Crippen LogP contribution >= 0.6 is 0 Å². The number of aromatic nitrogens is 1. The van der Waals surface area contributed by atoms with Crippen molar-refractivity contribution < 1.29 is 32.9 Å². The van der Waals surface area contributed by atoms with Crippen LogP contribution in [0, 0.1) is 29.3 Å². The molecule has 0 bridgehead atoms. The van der Waals surface area contributed by atoms with E-state index in [1.807, 2.05) is 0 Å². The van der Waals surface area contributed by atoms with Crippen molar-refractivity contribution in [2.24, 2.45) is 11.8 Å². The van der Waals surface area contributed by atoms with Gasteiger partial charge in [0.05, 0.1) is 30.8 Å². The number of ether oxygens (including phenoxy) is 1. The molecule has 1 saturated carbocycles. The molecule has 2 N–H and O–H groups in total. The number of aliphatic hydroxyl groups is 1. The number of rotatable bonds is 8. The van der Waals surface area contributed by atoms with Crippen LogP contribution in [0.1, 0.15) is 55.3 Å². The number of aliphatic carboxylic acids is 1. The van der Waals surface area contributed by atoms with Gasteiger partial charge in [0.1, 0.15) is 23.2 Å². The second kappa shape index (κ2) is 10.9. The van der Waals surface area contributed by atoms with Gasteiger partial charge in [-0.05, 0) is 92.4 Å². The Balaban J connectivity index is 1.22. The standard InChI is InChI=1S/C29H31F3N2O4/c1-38-20-4-6-26-22(13-20)28(25(32)14-33-26)27(35)7-2-16-8-9-34(15-23(16)29(36)37)19-10-17(11-19)21-12-18(30)3-5-24(21)31/h3-6,12-14,16-17,19,23,27,35H,2,7-11,15H2,1H3,(H,36,37)/t16-,17?,19?,23+,27+/m1/s1. The highest BCUT2D eigenvalue weighted by molar-refractivity contribution is 5.84. The van der Waals surface area contributed by atoms with E-state index in [0.717, 1.165) is 18.3 Å². The fourth-order valence-electron chi connectivity index (χ4n) is 6.10. The molecule has 0 unspecified atom stereocenters. The van der Waals surface area contributed by atoms with Crippen LogP contribution in [0.2, 0.25) is 0 Å². The SMILES string of the molecule is COc1ccc2ncc(F)c([C@@H](O)CC[C@@H]3CCN(C4CC(c5cc(F)ccc5F)C4)C[C@@H]3C(=O)O)c2c1. The molecule has 5 rings (SSSR count). The van der Waals surface area contributed by atoms with Gasteiger partial charge >= 0.3 is 5.97 Å². The summed E-state index contributed by atoms with van der Waals surface area (Å²) in [4.78, 5) is 18.4. The lowest BCUT2D eigenvalue weighted by Gasteiger charge is -2.47. The normalized spacial score (nSPS) is 24.7. The molecule has 1 aliphatic carbocycles. The van der Waals surface area contributed by atoms with Crippen molar-refractivity contribution in [1.29, 1.82) is 0 Å². The van der Waals surface area contributed by atoms with Crippen LogP contribution in [0.5, 0.6) is 5.75 Å². The second-order valence-electron chi connectivity index (χ2n) is 10.5. The molecule has 38 heavy (non-hydrogen) atoms. The van der Waals surface area contributed by atoms with E-state index in [1.54, 1.807) is 18.2 Å². The lowest BCUT2D eigenvalue weighted by atomic mass is 9.73. The largest absolute Gasteiger partial charge is 0.497 e. The minimum Gasteiger partial charge on any atom is -0.497 e. The summed E-state index contributed by atoms with van der Waals surface area (Å²) in [5.74, 6) is -2.72. The van der Waals surface area contributed by atoms with E-state index in [0.29, 0.717) is 61.0 Å². The topological polar surface area (TPSA) is 82.9 Å². The minimum absolute atomic E-state index is 0.0736. The Morgan fingerprint density at radius 1 is 1.16 bits per heavy atom. The molecular weight excluding hydrogens is 497 g/mol. The summed E-state index contributed by atoms with van der Waals surface area (Å²) in [7, 11) is 1.51. The van der Waals surface area contributed by atoms with Crippen molar-refractivity contribution in [3.63, 3.8) is 0 Å². The molecule has 2 heterocycles. The Hall–Kier alpha value is -3.17.